The SMILES string of the molecule is COCC(CCN)Nc1nnc(C)s1. The predicted octanol–water partition coefficient (Wildman–Crippen LogP) is 0.622. The molecular formula is C8H16N4OS. The number of anilines is 1. The lowest BCUT2D eigenvalue weighted by Gasteiger charge is -2.15. The minimum absolute atomic E-state index is 0.220. The van der Waals surface area contributed by atoms with Gasteiger partial charge in [0.05, 0.1) is 12.6 Å². The molecule has 0 aliphatic carbocycles. The second-order valence-corrected chi connectivity index (χ2v) is 4.18. The summed E-state index contributed by atoms with van der Waals surface area (Å²) in [4.78, 5) is 0. The Morgan fingerprint density at radius 1 is 1.57 bits per heavy atom. The zero-order valence-electron chi connectivity index (χ0n) is 8.49. The number of methoxy groups -OCH3 is 1. The van der Waals surface area contributed by atoms with Crippen molar-refractivity contribution in [3.63, 3.8) is 0 Å². The number of nitrogens with two attached hydrogens (primary N) is 1. The van der Waals surface area contributed by atoms with Crippen LogP contribution in [0.25, 0.3) is 0 Å². The Hall–Kier alpha value is -0.720. The van der Waals surface area contributed by atoms with E-state index in [1.54, 1.807) is 7.11 Å². The smallest absolute Gasteiger partial charge is 0.205 e. The van der Waals surface area contributed by atoms with Crippen molar-refractivity contribution in [2.24, 2.45) is 5.73 Å². The summed E-state index contributed by atoms with van der Waals surface area (Å²) in [6.07, 6.45) is 0.868. The van der Waals surface area contributed by atoms with Crippen LogP contribution in [0.5, 0.6) is 0 Å². The molecule has 14 heavy (non-hydrogen) atoms. The van der Waals surface area contributed by atoms with E-state index in [9.17, 15) is 0 Å². The van der Waals surface area contributed by atoms with Gasteiger partial charge in [0.2, 0.25) is 5.13 Å². The molecule has 1 aromatic rings. The van der Waals surface area contributed by atoms with Crippen LogP contribution in [0.15, 0.2) is 0 Å². The van der Waals surface area contributed by atoms with Crippen molar-refractivity contribution in [3.05, 3.63) is 5.01 Å². The third-order valence-corrected chi connectivity index (χ3v) is 2.51. The van der Waals surface area contributed by atoms with Gasteiger partial charge in [0.25, 0.3) is 0 Å². The van der Waals surface area contributed by atoms with Crippen LogP contribution in [0.1, 0.15) is 11.4 Å². The average Bonchev–Trinajstić information content (AvgIpc) is 2.52. The zero-order chi connectivity index (χ0) is 10.4. The molecule has 0 saturated carbocycles. The van der Waals surface area contributed by atoms with Crippen LogP contribution in [0.4, 0.5) is 5.13 Å². The topological polar surface area (TPSA) is 73.1 Å². The molecule has 0 aromatic carbocycles. The molecule has 5 nitrogen and oxygen atoms in total. The molecule has 1 rings (SSSR count). The fraction of sp³-hybridized carbons (Fsp3) is 0.750. The Bertz CT molecular complexity index is 260. The summed E-state index contributed by atoms with van der Waals surface area (Å²) in [6, 6.07) is 0.220. The summed E-state index contributed by atoms with van der Waals surface area (Å²) in [6.45, 7) is 3.20. The second kappa shape index (κ2) is 5.90. The molecule has 0 amide bonds. The molecule has 0 saturated heterocycles. The van der Waals surface area contributed by atoms with Gasteiger partial charge in [-0.2, -0.15) is 0 Å². The molecule has 0 fully saturated rings. The highest BCUT2D eigenvalue weighted by Gasteiger charge is 2.09. The minimum atomic E-state index is 0.220. The second-order valence-electron chi connectivity index (χ2n) is 3.00. The van der Waals surface area contributed by atoms with E-state index in [1.165, 1.54) is 11.3 Å². The number of nitrogens with one attached hydrogen (secondary N) is 1. The molecular weight excluding hydrogens is 200 g/mol. The molecule has 1 aromatic heterocycles. The Morgan fingerprint density at radius 3 is 2.86 bits per heavy atom. The molecule has 0 bridgehead atoms. The minimum Gasteiger partial charge on any atom is -0.383 e. The summed E-state index contributed by atoms with van der Waals surface area (Å²) in [5.41, 5.74) is 5.49. The van der Waals surface area contributed by atoms with Crippen molar-refractivity contribution in [2.75, 3.05) is 25.6 Å². The summed E-state index contributed by atoms with van der Waals surface area (Å²) < 4.78 is 5.07. The summed E-state index contributed by atoms with van der Waals surface area (Å²) in [5.74, 6) is 0. The average molecular weight is 216 g/mol. The summed E-state index contributed by atoms with van der Waals surface area (Å²) >= 11 is 1.54. The third-order valence-electron chi connectivity index (χ3n) is 1.74. The number of aromatic nitrogens is 2. The number of nitrogens with zero attached hydrogens (tertiary/aromatic N) is 2. The largest absolute Gasteiger partial charge is 0.383 e. The summed E-state index contributed by atoms with van der Waals surface area (Å²) in [7, 11) is 1.68. The standard InChI is InChI=1S/C8H16N4OS/c1-6-11-12-8(14-6)10-7(3-4-9)5-13-2/h7H,3-5,9H2,1-2H3,(H,10,12). The lowest BCUT2D eigenvalue weighted by atomic mass is 10.2. The Kier molecular flexibility index (Phi) is 4.78. The first kappa shape index (κ1) is 11.4. The van der Waals surface area contributed by atoms with Crippen molar-refractivity contribution < 1.29 is 4.74 Å². The Labute approximate surface area is 87.7 Å². The number of aryl methyl sites for hydroxylation is 1. The first-order chi connectivity index (χ1) is 6.76. The van der Waals surface area contributed by atoms with Gasteiger partial charge in [-0.25, -0.2) is 0 Å². The molecule has 80 valence electrons. The van der Waals surface area contributed by atoms with Crippen LogP contribution < -0.4 is 11.1 Å². The zero-order valence-corrected chi connectivity index (χ0v) is 9.30. The number of hydrogen-bond donors (Lipinski definition) is 2. The highest BCUT2D eigenvalue weighted by Crippen LogP contribution is 2.15. The van der Waals surface area contributed by atoms with Crippen molar-refractivity contribution in [1.29, 1.82) is 0 Å². The van der Waals surface area contributed by atoms with Crippen molar-refractivity contribution >= 4 is 16.5 Å². The maximum absolute atomic E-state index is 5.49. The van der Waals surface area contributed by atoms with Gasteiger partial charge in [-0.3, -0.25) is 0 Å². The van der Waals surface area contributed by atoms with Gasteiger partial charge < -0.3 is 15.8 Å². The third kappa shape index (κ3) is 3.57. The number of ether oxygens (including phenoxy) is 1. The van der Waals surface area contributed by atoms with Gasteiger partial charge in [0, 0.05) is 7.11 Å². The molecule has 3 N–H and O–H groups in total. The van der Waals surface area contributed by atoms with Crippen LogP contribution in [0.3, 0.4) is 0 Å². The van der Waals surface area contributed by atoms with Gasteiger partial charge in [-0.1, -0.05) is 11.3 Å². The van der Waals surface area contributed by atoms with Crippen molar-refractivity contribution in [1.82, 2.24) is 10.2 Å². The van der Waals surface area contributed by atoms with Crippen LogP contribution in [0, 0.1) is 6.92 Å². The van der Waals surface area contributed by atoms with E-state index in [-0.39, 0.29) is 6.04 Å². The summed E-state index contributed by atoms with van der Waals surface area (Å²) in [5, 5.41) is 12.9. The van der Waals surface area contributed by atoms with Gasteiger partial charge in [0.15, 0.2) is 0 Å². The van der Waals surface area contributed by atoms with Gasteiger partial charge in [-0.05, 0) is 19.9 Å². The van der Waals surface area contributed by atoms with Gasteiger partial charge in [-0.15, -0.1) is 10.2 Å². The van der Waals surface area contributed by atoms with E-state index in [4.69, 9.17) is 10.5 Å². The maximum Gasteiger partial charge on any atom is 0.205 e. The van der Waals surface area contributed by atoms with Crippen LogP contribution in [-0.2, 0) is 4.74 Å². The molecule has 0 spiro atoms. The van der Waals surface area contributed by atoms with E-state index < -0.39 is 0 Å². The molecule has 1 unspecified atom stereocenters. The Balaban J connectivity index is 2.46. The highest BCUT2D eigenvalue weighted by atomic mass is 32.1. The molecule has 1 atom stereocenters. The predicted molar refractivity (Wildman–Crippen MR) is 57.6 cm³/mol. The van der Waals surface area contributed by atoms with E-state index in [0.29, 0.717) is 13.2 Å². The number of hydrogen-bond acceptors (Lipinski definition) is 6. The lowest BCUT2D eigenvalue weighted by molar-refractivity contribution is 0.183. The van der Waals surface area contributed by atoms with E-state index in [0.717, 1.165) is 16.6 Å². The van der Waals surface area contributed by atoms with Crippen LogP contribution in [0.2, 0.25) is 0 Å². The first-order valence-electron chi connectivity index (χ1n) is 4.52. The van der Waals surface area contributed by atoms with Crippen molar-refractivity contribution in [2.45, 2.75) is 19.4 Å². The maximum atomic E-state index is 5.49. The van der Waals surface area contributed by atoms with Gasteiger partial charge in [0.1, 0.15) is 5.01 Å². The number of rotatable bonds is 6. The molecule has 0 aliphatic rings. The fourth-order valence-electron chi connectivity index (χ4n) is 1.13. The molecule has 6 heteroatoms. The van der Waals surface area contributed by atoms with Crippen LogP contribution >= 0.6 is 11.3 Å². The van der Waals surface area contributed by atoms with Crippen LogP contribution in [-0.4, -0.2) is 36.5 Å². The monoisotopic (exact) mass is 216 g/mol. The normalized spacial score (nSPS) is 12.8. The van der Waals surface area contributed by atoms with Gasteiger partial charge >= 0.3 is 0 Å². The van der Waals surface area contributed by atoms with E-state index in [1.807, 2.05) is 6.92 Å². The first-order valence-corrected chi connectivity index (χ1v) is 5.33. The molecule has 0 radical (unpaired) electrons. The van der Waals surface area contributed by atoms with E-state index in [2.05, 4.69) is 15.5 Å². The quantitative estimate of drug-likeness (QED) is 0.729. The Morgan fingerprint density at radius 2 is 2.36 bits per heavy atom. The van der Waals surface area contributed by atoms with E-state index >= 15 is 0 Å². The van der Waals surface area contributed by atoms with Crippen molar-refractivity contribution in [3.8, 4) is 0 Å². The lowest BCUT2D eigenvalue weighted by Crippen LogP contribution is -2.27. The fourth-order valence-corrected chi connectivity index (χ4v) is 1.80. The highest BCUT2D eigenvalue weighted by molar-refractivity contribution is 7.15. The molecule has 0 aliphatic heterocycles. The molecule has 1 heterocycles.